The first-order valence-corrected chi connectivity index (χ1v) is 15.8. The van der Waals surface area contributed by atoms with Crippen LogP contribution in [-0.4, -0.2) is 68.2 Å². The number of fused-ring (bicyclic) bond motifs is 6. The van der Waals surface area contributed by atoms with E-state index in [1.54, 1.807) is 15.9 Å². The number of aryl methyl sites for hydroxylation is 1. The fraction of sp³-hybridized carbons (Fsp3) is 0.455. The first kappa shape index (κ1) is 30.2. The predicted molar refractivity (Wildman–Crippen MR) is 170 cm³/mol. The van der Waals surface area contributed by atoms with Crippen molar-refractivity contribution in [3.8, 4) is 16.5 Å². The molecule has 0 radical (unpaired) electrons. The number of rotatable bonds is 3. The first-order chi connectivity index (χ1) is 21.0. The van der Waals surface area contributed by atoms with E-state index in [4.69, 9.17) is 29.3 Å². The lowest BCUT2D eigenvalue weighted by atomic mass is 9.92. The molecule has 1 atom stereocenters. The van der Waals surface area contributed by atoms with Crippen molar-refractivity contribution < 1.29 is 24.1 Å². The fourth-order valence-electron chi connectivity index (χ4n) is 5.76. The molecule has 1 saturated heterocycles. The molecule has 11 heteroatoms. The zero-order valence-electron chi connectivity index (χ0n) is 25.9. The van der Waals surface area contributed by atoms with Gasteiger partial charge in [-0.25, -0.2) is 14.8 Å². The number of ether oxygens (including phenoxy) is 3. The van der Waals surface area contributed by atoms with Crippen molar-refractivity contribution in [1.82, 2.24) is 19.6 Å². The molecular formula is C33H39N5O5S. The molecule has 1 aromatic carbocycles. The van der Waals surface area contributed by atoms with Crippen LogP contribution in [0.15, 0.2) is 48.7 Å². The molecule has 6 bridgehead atoms. The molecule has 1 N–H and O–H groups in total. The molecule has 0 aliphatic carbocycles. The Labute approximate surface area is 261 Å². The van der Waals surface area contributed by atoms with Gasteiger partial charge in [-0.2, -0.15) is 9.61 Å². The van der Waals surface area contributed by atoms with Crippen LogP contribution >= 0.6 is 11.3 Å². The lowest BCUT2D eigenvalue weighted by Crippen LogP contribution is -2.45. The van der Waals surface area contributed by atoms with Crippen LogP contribution in [0.25, 0.3) is 16.3 Å². The molecule has 0 spiro atoms. The Morgan fingerprint density at radius 2 is 1.91 bits per heavy atom. The van der Waals surface area contributed by atoms with Gasteiger partial charge in [0.2, 0.25) is 0 Å². The third kappa shape index (κ3) is 6.36. The highest BCUT2D eigenvalue weighted by Gasteiger charge is 2.37. The van der Waals surface area contributed by atoms with Gasteiger partial charge in [0.25, 0.3) is 0 Å². The maximum absolute atomic E-state index is 12.7. The van der Waals surface area contributed by atoms with Gasteiger partial charge in [0.15, 0.2) is 11.8 Å². The maximum atomic E-state index is 12.7. The monoisotopic (exact) mass is 617 g/mol. The van der Waals surface area contributed by atoms with E-state index in [9.17, 15) is 9.90 Å². The Morgan fingerprint density at radius 3 is 2.66 bits per heavy atom. The normalized spacial score (nSPS) is 17.8. The summed E-state index contributed by atoms with van der Waals surface area (Å²) in [5.41, 5.74) is 2.49. The van der Waals surface area contributed by atoms with Gasteiger partial charge in [-0.15, -0.1) is 11.3 Å². The van der Waals surface area contributed by atoms with Crippen molar-refractivity contribution in [3.05, 3.63) is 70.4 Å². The van der Waals surface area contributed by atoms with Crippen LogP contribution in [0.4, 0.5) is 5.82 Å². The number of nitrogens with zero attached hydrogens (tertiary/aromatic N) is 5. The summed E-state index contributed by atoms with van der Waals surface area (Å²) in [5.74, 6) is 0.469. The predicted octanol–water partition coefficient (Wildman–Crippen LogP) is 6.02. The van der Waals surface area contributed by atoms with Gasteiger partial charge in [-0.1, -0.05) is 24.3 Å². The van der Waals surface area contributed by atoms with Crippen molar-refractivity contribution in [2.75, 3.05) is 31.2 Å². The summed E-state index contributed by atoms with van der Waals surface area (Å²) in [4.78, 5) is 25.6. The van der Waals surface area contributed by atoms with Gasteiger partial charge in [-0.3, -0.25) is 0 Å². The molecule has 3 aliphatic rings. The van der Waals surface area contributed by atoms with Crippen molar-refractivity contribution in [2.45, 2.75) is 71.2 Å². The Kier molecular flexibility index (Phi) is 8.21. The van der Waals surface area contributed by atoms with Crippen LogP contribution in [0.5, 0.6) is 5.75 Å². The van der Waals surface area contributed by atoms with Crippen LogP contribution in [0.3, 0.4) is 0 Å². The standard InChI is InChI=1S/C33H39N5O5S/c1-21-27(28(31(39)40)43-32(2,3)4)30-37-14-12-33(5,13-15-37)42-17-9-8-16-41-25-11-7-6-10-22(25)18-23-20-34-29(44-23)24-19-26(35-21)38(30)36-24/h6-11,19-20,28H,12-18H2,1-5H3,(H,39,40)/t28-/m0/s1. The van der Waals surface area contributed by atoms with Gasteiger partial charge < -0.3 is 24.2 Å². The second kappa shape index (κ2) is 11.9. The zero-order chi connectivity index (χ0) is 31.1. The van der Waals surface area contributed by atoms with Gasteiger partial charge in [0.05, 0.1) is 23.4 Å². The second-order valence-electron chi connectivity index (χ2n) is 12.6. The van der Waals surface area contributed by atoms with Crippen molar-refractivity contribution >= 4 is 28.8 Å². The number of aromatic nitrogens is 4. The van der Waals surface area contributed by atoms with Gasteiger partial charge in [0, 0.05) is 42.3 Å². The zero-order valence-corrected chi connectivity index (χ0v) is 26.7. The lowest BCUT2D eigenvalue weighted by Gasteiger charge is -2.41. The molecule has 3 aliphatic heterocycles. The van der Waals surface area contributed by atoms with Crippen molar-refractivity contribution in [1.29, 1.82) is 0 Å². The molecule has 0 saturated carbocycles. The quantitative estimate of drug-likeness (QED) is 0.276. The topological polar surface area (TPSA) is 111 Å². The summed E-state index contributed by atoms with van der Waals surface area (Å²) in [6.45, 7) is 11.8. The van der Waals surface area contributed by atoms with Crippen molar-refractivity contribution in [3.63, 3.8) is 0 Å². The van der Waals surface area contributed by atoms with Crippen LogP contribution in [-0.2, 0) is 20.7 Å². The number of para-hydroxylation sites is 1. The average Bonchev–Trinajstić information content (AvgIpc) is 3.60. The largest absolute Gasteiger partial charge is 0.489 e. The molecule has 232 valence electrons. The minimum absolute atomic E-state index is 0.322. The third-order valence-electron chi connectivity index (χ3n) is 8.02. The van der Waals surface area contributed by atoms with E-state index < -0.39 is 17.7 Å². The van der Waals surface area contributed by atoms with Crippen molar-refractivity contribution in [2.24, 2.45) is 0 Å². The molecular weight excluding hydrogens is 578 g/mol. The van der Waals surface area contributed by atoms with Gasteiger partial charge in [-0.05, 0) is 65.2 Å². The number of benzene rings is 1. The first-order valence-electron chi connectivity index (χ1n) is 15.0. The summed E-state index contributed by atoms with van der Waals surface area (Å²) in [6, 6.07) is 9.98. The summed E-state index contributed by atoms with van der Waals surface area (Å²) in [5, 5.41) is 16.2. The minimum atomic E-state index is -1.22. The SMILES string of the molecule is Cc1nc2cc3nn2c(c1[C@H](OC(C)(C)C)C(=O)O)N1CCC(C)(CC1)OCC=CCOc1ccccc1Cc1cnc-3s1. The number of carboxylic acids is 1. The Morgan fingerprint density at radius 1 is 1.16 bits per heavy atom. The van der Waals surface area contributed by atoms with Crippen LogP contribution < -0.4 is 9.64 Å². The second-order valence-corrected chi connectivity index (χ2v) is 13.7. The van der Waals surface area contributed by atoms with E-state index in [1.165, 1.54) is 0 Å². The number of anilines is 1. The van der Waals surface area contributed by atoms with Gasteiger partial charge in [0.1, 0.15) is 28.9 Å². The molecule has 6 heterocycles. The van der Waals surface area contributed by atoms with Gasteiger partial charge >= 0.3 is 5.97 Å². The highest BCUT2D eigenvalue weighted by Crippen LogP contribution is 2.39. The smallest absolute Gasteiger partial charge is 0.337 e. The maximum Gasteiger partial charge on any atom is 0.337 e. The van der Waals surface area contributed by atoms with Crippen LogP contribution in [0.2, 0.25) is 0 Å². The highest BCUT2D eigenvalue weighted by atomic mass is 32.1. The average molecular weight is 618 g/mol. The van der Waals surface area contributed by atoms with E-state index in [0.29, 0.717) is 61.1 Å². The number of thiazole rings is 1. The number of carbonyl (C=O) groups is 1. The Balaban J connectivity index is 1.49. The number of hydrogen-bond donors (Lipinski definition) is 1. The number of hydrogen-bond acceptors (Lipinski definition) is 9. The number of carboxylic acid groups (broad SMARTS) is 1. The summed E-state index contributed by atoms with van der Waals surface area (Å²) < 4.78 is 20.4. The van der Waals surface area contributed by atoms with Crippen LogP contribution in [0, 0.1) is 6.92 Å². The Hall–Kier alpha value is -3.80. The molecule has 4 aromatic rings. The molecule has 1 fully saturated rings. The van der Waals surface area contributed by atoms with Crippen LogP contribution in [0.1, 0.15) is 68.3 Å². The highest BCUT2D eigenvalue weighted by molar-refractivity contribution is 7.15. The van der Waals surface area contributed by atoms with E-state index >= 15 is 0 Å². The molecule has 7 rings (SSSR count). The fourth-order valence-corrected chi connectivity index (χ4v) is 6.65. The molecule has 0 amide bonds. The Bertz CT molecular complexity index is 1700. The molecule has 44 heavy (non-hydrogen) atoms. The van der Waals surface area contributed by atoms with E-state index in [2.05, 4.69) is 17.9 Å². The third-order valence-corrected chi connectivity index (χ3v) is 9.04. The van der Waals surface area contributed by atoms with E-state index in [1.807, 2.05) is 70.3 Å². The molecule has 0 unspecified atom stereocenters. The number of aliphatic carboxylic acids is 1. The molecule has 10 nitrogen and oxygen atoms in total. The summed E-state index contributed by atoms with van der Waals surface area (Å²) in [6.07, 6.45) is 6.87. The minimum Gasteiger partial charge on any atom is -0.489 e. The summed E-state index contributed by atoms with van der Waals surface area (Å²) in [7, 11) is 0. The molecule has 3 aromatic heterocycles. The lowest BCUT2D eigenvalue weighted by molar-refractivity contribution is -0.160. The van der Waals surface area contributed by atoms with E-state index in [-0.39, 0.29) is 5.60 Å². The summed E-state index contributed by atoms with van der Waals surface area (Å²) >= 11 is 1.58. The number of piperidine rings is 1. The van der Waals surface area contributed by atoms with E-state index in [0.717, 1.165) is 34.0 Å².